The Balaban J connectivity index is 1.65. The predicted octanol–water partition coefficient (Wildman–Crippen LogP) is 2.57. The average molecular weight is 279 g/mol. The first-order valence-corrected chi connectivity index (χ1v) is 7.65. The molecule has 0 aromatic carbocycles. The molecule has 0 aliphatic carbocycles. The van der Waals surface area contributed by atoms with E-state index in [0.717, 1.165) is 32.5 Å². The minimum absolute atomic E-state index is 0.245. The van der Waals surface area contributed by atoms with Crippen molar-refractivity contribution in [3.8, 4) is 0 Å². The Morgan fingerprint density at radius 3 is 2.75 bits per heavy atom. The van der Waals surface area contributed by atoms with Gasteiger partial charge in [0.2, 0.25) is 0 Å². The molecule has 0 amide bonds. The number of hydrogen-bond donors (Lipinski definition) is 0. The Labute approximate surface area is 119 Å². The maximum atomic E-state index is 14.3. The maximum absolute atomic E-state index is 14.3. The molecule has 1 atom stereocenters. The lowest BCUT2D eigenvalue weighted by molar-refractivity contribution is 0.0530. The molecule has 2 aliphatic heterocycles. The van der Waals surface area contributed by atoms with Crippen LogP contribution in [0.4, 0.5) is 10.2 Å². The molecule has 20 heavy (non-hydrogen) atoms. The number of ether oxygens (including phenoxy) is 1. The van der Waals surface area contributed by atoms with E-state index in [4.69, 9.17) is 4.74 Å². The third-order valence-corrected chi connectivity index (χ3v) is 4.51. The van der Waals surface area contributed by atoms with Crippen LogP contribution >= 0.6 is 0 Å². The first-order valence-electron chi connectivity index (χ1n) is 7.65. The molecule has 1 aromatic rings. The van der Waals surface area contributed by atoms with E-state index in [-0.39, 0.29) is 5.82 Å². The minimum atomic E-state index is -0.245. The molecule has 4 nitrogen and oxygen atoms in total. The van der Waals surface area contributed by atoms with Crippen LogP contribution in [0.5, 0.6) is 0 Å². The Bertz CT molecular complexity index is 454. The summed E-state index contributed by atoms with van der Waals surface area (Å²) in [5, 5.41) is 0. The maximum Gasteiger partial charge on any atom is 0.187 e. The topological polar surface area (TPSA) is 38.2 Å². The van der Waals surface area contributed by atoms with Crippen molar-refractivity contribution in [2.45, 2.75) is 45.1 Å². The lowest BCUT2D eigenvalue weighted by atomic mass is 9.90. The Hall–Kier alpha value is -1.23. The van der Waals surface area contributed by atoms with E-state index in [1.54, 1.807) is 0 Å². The van der Waals surface area contributed by atoms with E-state index in [0.29, 0.717) is 30.0 Å². The highest BCUT2D eigenvalue weighted by atomic mass is 19.1. The van der Waals surface area contributed by atoms with E-state index in [9.17, 15) is 4.39 Å². The summed E-state index contributed by atoms with van der Waals surface area (Å²) in [6, 6.07) is 0. The molecule has 110 valence electrons. The number of nitrogens with zero attached hydrogens (tertiary/aromatic N) is 3. The second-order valence-corrected chi connectivity index (χ2v) is 5.69. The summed E-state index contributed by atoms with van der Waals surface area (Å²) in [7, 11) is 0. The van der Waals surface area contributed by atoms with Crippen molar-refractivity contribution in [1.29, 1.82) is 0 Å². The molecule has 2 fully saturated rings. The molecule has 0 saturated carbocycles. The van der Waals surface area contributed by atoms with Crippen LogP contribution in [-0.2, 0) is 11.2 Å². The number of piperidine rings is 1. The third-order valence-electron chi connectivity index (χ3n) is 4.51. The predicted molar refractivity (Wildman–Crippen MR) is 75.3 cm³/mol. The summed E-state index contributed by atoms with van der Waals surface area (Å²) in [6.07, 6.45) is 7.01. The van der Waals surface area contributed by atoms with Crippen LogP contribution in [0, 0.1) is 11.7 Å². The van der Waals surface area contributed by atoms with Gasteiger partial charge in [-0.2, -0.15) is 0 Å². The smallest absolute Gasteiger partial charge is 0.187 e. The number of rotatable bonds is 3. The summed E-state index contributed by atoms with van der Waals surface area (Å²) in [4.78, 5) is 10.2. The number of halogens is 1. The van der Waals surface area contributed by atoms with Gasteiger partial charge in [-0.05, 0) is 38.0 Å². The minimum Gasteiger partial charge on any atom is -0.378 e. The molecule has 5 heteroatoms. The Morgan fingerprint density at radius 1 is 1.30 bits per heavy atom. The fourth-order valence-corrected chi connectivity index (χ4v) is 3.32. The molecule has 2 aliphatic rings. The monoisotopic (exact) mass is 279 g/mol. The zero-order valence-corrected chi connectivity index (χ0v) is 12.0. The average Bonchev–Trinajstić information content (AvgIpc) is 3.02. The Kier molecular flexibility index (Phi) is 4.15. The molecule has 0 bridgehead atoms. The van der Waals surface area contributed by atoms with Crippen LogP contribution in [0.1, 0.15) is 38.3 Å². The zero-order valence-electron chi connectivity index (χ0n) is 12.0. The van der Waals surface area contributed by atoms with Gasteiger partial charge in [-0.1, -0.05) is 6.92 Å². The normalized spacial score (nSPS) is 24.3. The SMILES string of the molecule is CCc1ncnc(N2CCC(C3CCCO3)CC2)c1F. The van der Waals surface area contributed by atoms with Crippen LogP contribution in [0.3, 0.4) is 0 Å². The van der Waals surface area contributed by atoms with Gasteiger partial charge in [0.1, 0.15) is 6.33 Å². The molecule has 0 radical (unpaired) electrons. The number of aryl methyl sites for hydroxylation is 1. The zero-order chi connectivity index (χ0) is 13.9. The number of anilines is 1. The summed E-state index contributed by atoms with van der Waals surface area (Å²) in [5.74, 6) is 0.859. The van der Waals surface area contributed by atoms with Gasteiger partial charge in [0, 0.05) is 19.7 Å². The van der Waals surface area contributed by atoms with Gasteiger partial charge in [-0.3, -0.25) is 0 Å². The van der Waals surface area contributed by atoms with Crippen LogP contribution in [0.25, 0.3) is 0 Å². The standard InChI is InChI=1S/C15H22FN3O/c1-2-12-14(16)15(18-10-17-12)19-7-5-11(6-8-19)13-4-3-9-20-13/h10-11,13H,2-9H2,1H3. The second kappa shape index (κ2) is 6.04. The highest BCUT2D eigenvalue weighted by Crippen LogP contribution is 2.31. The Morgan fingerprint density at radius 2 is 2.10 bits per heavy atom. The fraction of sp³-hybridized carbons (Fsp3) is 0.733. The molecule has 3 rings (SSSR count). The van der Waals surface area contributed by atoms with Crippen LogP contribution in [0.15, 0.2) is 6.33 Å². The number of hydrogen-bond acceptors (Lipinski definition) is 4. The number of aromatic nitrogens is 2. The van der Waals surface area contributed by atoms with E-state index in [1.165, 1.54) is 19.2 Å². The van der Waals surface area contributed by atoms with Gasteiger partial charge in [-0.15, -0.1) is 0 Å². The fourth-order valence-electron chi connectivity index (χ4n) is 3.32. The van der Waals surface area contributed by atoms with Crippen molar-refractivity contribution >= 4 is 5.82 Å². The van der Waals surface area contributed by atoms with Crippen LogP contribution in [-0.4, -0.2) is 35.8 Å². The molecule has 3 heterocycles. The molecular formula is C15H22FN3O. The van der Waals surface area contributed by atoms with E-state index in [2.05, 4.69) is 14.9 Å². The van der Waals surface area contributed by atoms with Crippen molar-refractivity contribution in [3.63, 3.8) is 0 Å². The highest BCUT2D eigenvalue weighted by Gasteiger charge is 2.30. The first kappa shape index (κ1) is 13.7. The molecule has 0 spiro atoms. The van der Waals surface area contributed by atoms with Crippen molar-refractivity contribution in [1.82, 2.24) is 9.97 Å². The van der Waals surface area contributed by atoms with Crippen molar-refractivity contribution in [3.05, 3.63) is 17.8 Å². The summed E-state index contributed by atoms with van der Waals surface area (Å²) in [5.41, 5.74) is 0.510. The quantitative estimate of drug-likeness (QED) is 0.852. The molecule has 0 N–H and O–H groups in total. The van der Waals surface area contributed by atoms with Gasteiger partial charge >= 0.3 is 0 Å². The summed E-state index contributed by atoms with van der Waals surface area (Å²) in [6.45, 7) is 4.55. The van der Waals surface area contributed by atoms with Crippen molar-refractivity contribution in [2.75, 3.05) is 24.6 Å². The van der Waals surface area contributed by atoms with Crippen LogP contribution in [0.2, 0.25) is 0 Å². The van der Waals surface area contributed by atoms with Gasteiger partial charge < -0.3 is 9.64 Å². The largest absolute Gasteiger partial charge is 0.378 e. The van der Waals surface area contributed by atoms with E-state index in [1.807, 2.05) is 6.92 Å². The summed E-state index contributed by atoms with van der Waals surface area (Å²) >= 11 is 0. The van der Waals surface area contributed by atoms with Gasteiger partial charge in [-0.25, -0.2) is 14.4 Å². The molecular weight excluding hydrogens is 257 g/mol. The van der Waals surface area contributed by atoms with Gasteiger partial charge in [0.15, 0.2) is 11.6 Å². The second-order valence-electron chi connectivity index (χ2n) is 5.69. The van der Waals surface area contributed by atoms with Crippen LogP contribution < -0.4 is 4.90 Å². The summed E-state index contributed by atoms with van der Waals surface area (Å²) < 4.78 is 20.0. The van der Waals surface area contributed by atoms with Crippen molar-refractivity contribution in [2.24, 2.45) is 5.92 Å². The molecule has 2 saturated heterocycles. The van der Waals surface area contributed by atoms with E-state index >= 15 is 0 Å². The van der Waals surface area contributed by atoms with Gasteiger partial charge in [0.05, 0.1) is 11.8 Å². The van der Waals surface area contributed by atoms with Crippen molar-refractivity contribution < 1.29 is 9.13 Å². The first-order chi connectivity index (χ1) is 9.79. The molecule has 1 aromatic heterocycles. The van der Waals surface area contributed by atoms with E-state index < -0.39 is 0 Å². The molecule has 1 unspecified atom stereocenters. The lowest BCUT2D eigenvalue weighted by Gasteiger charge is -2.35. The van der Waals surface area contributed by atoms with Gasteiger partial charge in [0.25, 0.3) is 0 Å². The highest BCUT2D eigenvalue weighted by molar-refractivity contribution is 5.41. The lowest BCUT2D eigenvalue weighted by Crippen LogP contribution is -2.38. The third kappa shape index (κ3) is 2.64.